The Balaban J connectivity index is 1.36. The highest BCUT2D eigenvalue weighted by atomic mass is 19.1. The summed E-state index contributed by atoms with van der Waals surface area (Å²) in [5, 5.41) is 37.4. The lowest BCUT2D eigenvalue weighted by atomic mass is 9.52. The van der Waals surface area contributed by atoms with Crippen LogP contribution in [0.2, 0.25) is 0 Å². The Kier molecular flexibility index (Phi) is 7.93. The number of carbonyl (C=O) groups excluding carboxylic acids is 4. The van der Waals surface area contributed by atoms with Gasteiger partial charge in [0.2, 0.25) is 5.91 Å². The number of aromatic nitrogens is 1. The highest BCUT2D eigenvalue weighted by Gasteiger charge is 2.69. The first-order chi connectivity index (χ1) is 22.2. The molecular formula is C33H36FN5O8. The van der Waals surface area contributed by atoms with Crippen molar-refractivity contribution in [2.75, 3.05) is 38.4 Å². The Hall–Kier alpha value is -4.66. The third kappa shape index (κ3) is 4.98. The van der Waals surface area contributed by atoms with Crippen molar-refractivity contribution in [1.29, 1.82) is 0 Å². The molecule has 6 N–H and O–H groups in total. The molecule has 1 heterocycles. The van der Waals surface area contributed by atoms with Gasteiger partial charge in [-0.05, 0) is 68.8 Å². The normalized spacial score (nSPS) is 28.5. The van der Waals surface area contributed by atoms with E-state index in [0.717, 1.165) is 0 Å². The van der Waals surface area contributed by atoms with Crippen LogP contribution in [0.4, 0.5) is 16.1 Å². The summed E-state index contributed by atoms with van der Waals surface area (Å²) in [5.41, 5.74) is 5.11. The van der Waals surface area contributed by atoms with Gasteiger partial charge in [-0.3, -0.25) is 19.2 Å². The maximum atomic E-state index is 14.2. The fourth-order valence-corrected chi connectivity index (χ4v) is 7.74. The molecular weight excluding hydrogens is 613 g/mol. The summed E-state index contributed by atoms with van der Waals surface area (Å²) >= 11 is 0. The molecule has 3 aromatic rings. The van der Waals surface area contributed by atoms with Crippen molar-refractivity contribution >= 4 is 35.0 Å². The summed E-state index contributed by atoms with van der Waals surface area (Å²) in [7, 11) is 6.74. The van der Waals surface area contributed by atoms with Crippen molar-refractivity contribution in [2.24, 2.45) is 29.4 Å². The maximum Gasteiger partial charge on any atom is 0.295 e. The number of nitrogens with zero attached hydrogens (tertiary/aromatic N) is 3. The largest absolute Gasteiger partial charge is 0.507 e. The molecule has 7 atom stereocenters. The molecule has 0 radical (unpaired) electrons. The second-order valence-corrected chi connectivity index (χ2v) is 13.0. The molecule has 13 nitrogen and oxygen atoms in total. The number of hydrogen-bond donors (Lipinski definition) is 5. The molecule has 0 aliphatic heterocycles. The number of amides is 1. The number of primary amides is 1. The van der Waals surface area contributed by atoms with E-state index in [-0.39, 0.29) is 36.7 Å². The number of fused-ring (bicyclic) bond motifs is 3. The molecule has 0 saturated heterocycles. The first-order valence-corrected chi connectivity index (χ1v) is 15.2. The molecule has 3 aliphatic rings. The highest BCUT2D eigenvalue weighted by Crippen LogP contribution is 2.52. The van der Waals surface area contributed by atoms with Gasteiger partial charge in [0, 0.05) is 49.4 Å². The second-order valence-electron chi connectivity index (χ2n) is 13.0. The summed E-state index contributed by atoms with van der Waals surface area (Å²) in [4.78, 5) is 61.9. The van der Waals surface area contributed by atoms with E-state index in [9.17, 15) is 38.9 Å². The Bertz CT molecular complexity index is 1790. The lowest BCUT2D eigenvalue weighted by Gasteiger charge is -2.55. The van der Waals surface area contributed by atoms with Crippen molar-refractivity contribution in [3.05, 3.63) is 59.1 Å². The average Bonchev–Trinajstić information content (AvgIpc) is 3.47. The maximum absolute atomic E-state index is 14.2. The zero-order valence-electron chi connectivity index (χ0n) is 26.2. The Morgan fingerprint density at radius 1 is 1.15 bits per heavy atom. The van der Waals surface area contributed by atoms with E-state index in [4.69, 9.17) is 10.2 Å². The number of hydrogen-bond acceptors (Lipinski definition) is 12. The van der Waals surface area contributed by atoms with Crippen LogP contribution in [0.25, 0.3) is 11.3 Å². The quantitative estimate of drug-likeness (QED) is 0.229. The summed E-state index contributed by atoms with van der Waals surface area (Å²) in [5.74, 6) is -10.1. The molecule has 6 rings (SSSR count). The van der Waals surface area contributed by atoms with Gasteiger partial charge in [-0.1, -0.05) is 0 Å². The van der Waals surface area contributed by atoms with Crippen molar-refractivity contribution < 1.29 is 43.3 Å². The zero-order valence-corrected chi connectivity index (χ0v) is 26.2. The predicted molar refractivity (Wildman–Crippen MR) is 166 cm³/mol. The molecule has 0 spiro atoms. The van der Waals surface area contributed by atoms with Crippen molar-refractivity contribution in [2.45, 2.75) is 37.1 Å². The van der Waals surface area contributed by atoms with Crippen LogP contribution in [0, 0.1) is 29.5 Å². The number of benzene rings is 2. The number of likely N-dealkylation sites (N-methyl/N-ethyl adjacent to an activating group) is 1. The Labute approximate surface area is 269 Å². The second kappa shape index (κ2) is 11.5. The number of aliphatic hydroxyl groups is 2. The predicted octanol–water partition coefficient (Wildman–Crippen LogP) is 1.13. The van der Waals surface area contributed by atoms with Gasteiger partial charge in [-0.15, -0.1) is 0 Å². The smallest absolute Gasteiger partial charge is 0.295 e. The fraction of sp³-hybridized carbons (Fsp3) is 0.424. The molecule has 2 aromatic carbocycles. The summed E-state index contributed by atoms with van der Waals surface area (Å²) < 4.78 is 18.8. The lowest BCUT2D eigenvalue weighted by molar-refractivity contribution is -0.190. The minimum atomic E-state index is -2.74. The van der Waals surface area contributed by atoms with E-state index >= 15 is 0 Å². The number of nitrogens with two attached hydrogens (primary N) is 1. The number of aliphatic hydroxyl groups excluding tert-OH is 1. The van der Waals surface area contributed by atoms with Gasteiger partial charge < -0.3 is 40.6 Å². The number of halogens is 1. The van der Waals surface area contributed by atoms with Crippen molar-refractivity contribution in [3.8, 4) is 17.0 Å². The van der Waals surface area contributed by atoms with Gasteiger partial charge in [-0.2, -0.15) is 4.98 Å². The number of anilines is 2. The van der Waals surface area contributed by atoms with Crippen LogP contribution >= 0.6 is 0 Å². The molecule has 47 heavy (non-hydrogen) atoms. The van der Waals surface area contributed by atoms with E-state index in [0.29, 0.717) is 28.1 Å². The van der Waals surface area contributed by atoms with E-state index in [1.807, 2.05) is 0 Å². The van der Waals surface area contributed by atoms with Gasteiger partial charge in [-0.25, -0.2) is 4.39 Å². The molecule has 4 unspecified atom stereocenters. The number of carbonyl (C=O) groups is 4. The third-order valence-electron chi connectivity index (χ3n) is 9.90. The van der Waals surface area contributed by atoms with Crippen LogP contribution in [-0.2, 0) is 27.3 Å². The molecule has 248 valence electrons. The first-order valence-electron chi connectivity index (χ1n) is 15.2. The minimum absolute atomic E-state index is 0.0205. The van der Waals surface area contributed by atoms with Crippen LogP contribution < -0.4 is 16.0 Å². The van der Waals surface area contributed by atoms with E-state index in [1.165, 1.54) is 18.4 Å². The van der Waals surface area contributed by atoms with Crippen LogP contribution in [0.15, 0.2) is 41.0 Å². The Morgan fingerprint density at radius 3 is 2.45 bits per heavy atom. The average molecular weight is 650 g/mol. The van der Waals surface area contributed by atoms with Crippen LogP contribution in [0.5, 0.6) is 5.75 Å². The SMILES string of the molecule is CN(C)c1cc(CNc2nc(-c3ccc(F)cc3)co2)c(O)c2c1C[C@@H]1C[C@@H]3C(N(C)C)C(O)C(C(N)=O)C(=O)[C@]3(O)C(=O)C1C2=O. The van der Waals surface area contributed by atoms with Gasteiger partial charge in [0.1, 0.15) is 29.4 Å². The van der Waals surface area contributed by atoms with Crippen LogP contribution in [0.3, 0.4) is 0 Å². The van der Waals surface area contributed by atoms with Crippen molar-refractivity contribution in [3.63, 3.8) is 0 Å². The third-order valence-corrected chi connectivity index (χ3v) is 9.90. The van der Waals surface area contributed by atoms with Gasteiger partial charge in [0.15, 0.2) is 23.0 Å². The molecule has 0 bridgehead atoms. The van der Waals surface area contributed by atoms with Crippen LogP contribution in [0.1, 0.15) is 27.9 Å². The number of aromatic hydroxyl groups is 1. The summed E-state index contributed by atoms with van der Waals surface area (Å²) in [6.07, 6.45) is 0.0118. The van der Waals surface area contributed by atoms with E-state index in [1.54, 1.807) is 56.2 Å². The minimum Gasteiger partial charge on any atom is -0.507 e. The highest BCUT2D eigenvalue weighted by molar-refractivity contribution is 6.25. The molecule has 1 amide bonds. The molecule has 2 saturated carbocycles. The number of phenolic OH excluding ortho intramolecular Hbond substituents is 1. The van der Waals surface area contributed by atoms with Gasteiger partial charge in [0.25, 0.3) is 6.01 Å². The fourth-order valence-electron chi connectivity index (χ4n) is 7.74. The number of rotatable bonds is 7. The van der Waals surface area contributed by atoms with Gasteiger partial charge >= 0.3 is 0 Å². The lowest BCUT2D eigenvalue weighted by Crippen LogP contribution is -2.75. The number of phenols is 1. The number of Topliss-reactive ketones (excluding diaryl/α,β-unsaturated/α-hetero) is 3. The van der Waals surface area contributed by atoms with Crippen LogP contribution in [-0.4, -0.2) is 94.4 Å². The number of oxazole rings is 1. The number of nitrogens with one attached hydrogen (secondary N) is 1. The van der Waals surface area contributed by atoms with Crippen molar-refractivity contribution in [1.82, 2.24) is 9.88 Å². The van der Waals surface area contributed by atoms with E-state index < -0.39 is 70.5 Å². The van der Waals surface area contributed by atoms with E-state index in [2.05, 4.69) is 10.3 Å². The van der Waals surface area contributed by atoms with Gasteiger partial charge in [0.05, 0.1) is 17.6 Å². The molecule has 14 heteroatoms. The molecule has 2 fully saturated rings. The standard InChI is InChI=1S/C33H36FN5O8/c1-38(2)21-11-16(12-36-32-37-20(13-47-32)14-5-7-17(34)8-6-14)26(40)23-18(21)9-15-10-19-25(39(3)4)28(42)24(31(35)45)30(44)33(19,46)29(43)22(15)27(23)41/h5-8,11,13,15,19,22,24-25,28,40,42,46H,9-10,12H2,1-4H3,(H2,35,45)(H,36,37)/t15-,19-,22?,24?,25?,28?,33-/m1/s1. The first kappa shape index (κ1) is 32.3. The number of ketones is 3. The zero-order chi connectivity index (χ0) is 34.1. The topological polar surface area (TPSA) is 200 Å². The summed E-state index contributed by atoms with van der Waals surface area (Å²) in [6.45, 7) is -0.0359. The monoisotopic (exact) mass is 649 g/mol. The molecule has 1 aromatic heterocycles. The molecule has 3 aliphatic carbocycles. The summed E-state index contributed by atoms with van der Waals surface area (Å²) in [6, 6.07) is 6.54. The Morgan fingerprint density at radius 2 is 1.83 bits per heavy atom.